The van der Waals surface area contributed by atoms with E-state index < -0.39 is 0 Å². The number of benzene rings is 1. The smallest absolute Gasteiger partial charge is 0.237 e. The molecule has 0 aliphatic carbocycles. The molecule has 6 heteroatoms. The molecule has 1 heterocycles. The quantitative estimate of drug-likeness (QED) is 0.725. The van der Waals surface area contributed by atoms with Gasteiger partial charge in [0.1, 0.15) is 5.75 Å². The lowest BCUT2D eigenvalue weighted by atomic mass is 10.1. The highest BCUT2D eigenvalue weighted by molar-refractivity contribution is 5.81. The van der Waals surface area contributed by atoms with Gasteiger partial charge < -0.3 is 15.2 Å². The van der Waals surface area contributed by atoms with Crippen molar-refractivity contribution in [2.24, 2.45) is 0 Å². The third-order valence-electron chi connectivity index (χ3n) is 4.73. The van der Waals surface area contributed by atoms with Crippen molar-refractivity contribution in [3.05, 3.63) is 29.8 Å². The zero-order chi connectivity index (χ0) is 18.2. The molecule has 2 atom stereocenters. The molecule has 0 radical (unpaired) electrons. The molecule has 2 N–H and O–H groups in total. The molecular weight excluding hydrogens is 318 g/mol. The number of piperazine rings is 1. The Hall–Kier alpha value is -1.63. The Morgan fingerprint density at radius 3 is 2.40 bits per heavy atom. The summed E-state index contributed by atoms with van der Waals surface area (Å²) in [5.74, 6) is 0.925. The number of rotatable bonds is 8. The highest BCUT2D eigenvalue weighted by Gasteiger charge is 2.25. The number of aliphatic hydroxyl groups is 1. The summed E-state index contributed by atoms with van der Waals surface area (Å²) in [7, 11) is 1.65. The van der Waals surface area contributed by atoms with Crippen molar-refractivity contribution in [3.63, 3.8) is 0 Å². The molecule has 1 aliphatic rings. The number of hydrogen-bond acceptors (Lipinski definition) is 5. The summed E-state index contributed by atoms with van der Waals surface area (Å²) < 4.78 is 5.15. The van der Waals surface area contributed by atoms with Crippen molar-refractivity contribution >= 4 is 5.91 Å². The van der Waals surface area contributed by atoms with E-state index in [9.17, 15) is 9.90 Å². The van der Waals surface area contributed by atoms with E-state index in [0.29, 0.717) is 13.1 Å². The minimum absolute atomic E-state index is 0.0810. The molecule has 1 aromatic rings. The normalized spacial score (nSPS) is 18.6. The van der Waals surface area contributed by atoms with Crippen LogP contribution in [-0.4, -0.2) is 79.3 Å². The topological polar surface area (TPSA) is 65.0 Å². The van der Waals surface area contributed by atoms with Crippen molar-refractivity contribution in [1.29, 1.82) is 0 Å². The first-order valence-corrected chi connectivity index (χ1v) is 9.04. The summed E-state index contributed by atoms with van der Waals surface area (Å²) >= 11 is 0. The molecule has 0 bridgehead atoms. The van der Waals surface area contributed by atoms with Gasteiger partial charge in [-0.3, -0.25) is 14.6 Å². The van der Waals surface area contributed by atoms with Gasteiger partial charge in [0.2, 0.25) is 5.91 Å². The standard InChI is InChI=1S/C19H31N3O3/c1-15(23)14-21-10-12-22(13-11-21)16(2)19(24)20-9-8-17-4-6-18(25-3)7-5-17/h4-7,15-16,23H,8-14H2,1-3H3,(H,20,24)/t15-,16+/m0/s1. The Morgan fingerprint density at radius 1 is 1.20 bits per heavy atom. The van der Waals surface area contributed by atoms with Gasteiger partial charge in [0.15, 0.2) is 0 Å². The van der Waals surface area contributed by atoms with Crippen LogP contribution in [0.15, 0.2) is 24.3 Å². The molecule has 140 valence electrons. The molecule has 25 heavy (non-hydrogen) atoms. The molecular formula is C19H31N3O3. The Balaban J connectivity index is 1.69. The van der Waals surface area contributed by atoms with Crippen LogP contribution in [0.5, 0.6) is 5.75 Å². The summed E-state index contributed by atoms with van der Waals surface area (Å²) in [5, 5.41) is 12.5. The Bertz CT molecular complexity index is 525. The van der Waals surface area contributed by atoms with Crippen LogP contribution >= 0.6 is 0 Å². The molecule has 1 aliphatic heterocycles. The van der Waals surface area contributed by atoms with E-state index >= 15 is 0 Å². The minimum Gasteiger partial charge on any atom is -0.497 e. The molecule has 0 saturated carbocycles. The van der Waals surface area contributed by atoms with Crippen molar-refractivity contribution in [3.8, 4) is 5.75 Å². The molecule has 1 amide bonds. The van der Waals surface area contributed by atoms with Gasteiger partial charge in [-0.1, -0.05) is 12.1 Å². The molecule has 2 rings (SSSR count). The number of nitrogens with zero attached hydrogens (tertiary/aromatic N) is 2. The van der Waals surface area contributed by atoms with E-state index in [0.717, 1.165) is 38.3 Å². The van der Waals surface area contributed by atoms with Crippen LogP contribution in [0.25, 0.3) is 0 Å². The van der Waals surface area contributed by atoms with Crippen molar-refractivity contribution in [2.75, 3.05) is 46.4 Å². The molecule has 1 saturated heterocycles. The van der Waals surface area contributed by atoms with E-state index in [1.165, 1.54) is 5.56 Å². The number of carbonyl (C=O) groups excluding carboxylic acids is 1. The van der Waals surface area contributed by atoms with Crippen LogP contribution in [0.4, 0.5) is 0 Å². The van der Waals surface area contributed by atoms with E-state index in [-0.39, 0.29) is 18.1 Å². The third kappa shape index (κ3) is 6.30. The van der Waals surface area contributed by atoms with Gasteiger partial charge in [0.25, 0.3) is 0 Å². The highest BCUT2D eigenvalue weighted by Crippen LogP contribution is 2.11. The Labute approximate surface area is 150 Å². The second kappa shape index (κ2) is 9.75. The number of nitrogens with one attached hydrogen (secondary N) is 1. The van der Waals surface area contributed by atoms with Gasteiger partial charge in [-0.15, -0.1) is 0 Å². The lowest BCUT2D eigenvalue weighted by molar-refractivity contribution is -0.126. The number of ether oxygens (including phenoxy) is 1. The van der Waals surface area contributed by atoms with Gasteiger partial charge >= 0.3 is 0 Å². The first kappa shape index (κ1) is 19.7. The van der Waals surface area contributed by atoms with Crippen LogP contribution < -0.4 is 10.1 Å². The van der Waals surface area contributed by atoms with Gasteiger partial charge in [-0.05, 0) is 38.0 Å². The maximum Gasteiger partial charge on any atom is 0.237 e. The van der Waals surface area contributed by atoms with Crippen LogP contribution in [-0.2, 0) is 11.2 Å². The number of methoxy groups -OCH3 is 1. The summed E-state index contributed by atoms with van der Waals surface area (Å²) in [4.78, 5) is 16.8. The van der Waals surface area contributed by atoms with E-state index in [4.69, 9.17) is 4.74 Å². The van der Waals surface area contributed by atoms with Crippen LogP contribution in [0, 0.1) is 0 Å². The monoisotopic (exact) mass is 349 g/mol. The van der Waals surface area contributed by atoms with Crippen LogP contribution in [0.2, 0.25) is 0 Å². The molecule has 0 unspecified atom stereocenters. The summed E-state index contributed by atoms with van der Waals surface area (Å²) in [5.41, 5.74) is 1.18. The Kier molecular flexibility index (Phi) is 7.68. The van der Waals surface area contributed by atoms with Gasteiger partial charge in [-0.25, -0.2) is 0 Å². The minimum atomic E-state index is -0.301. The number of aliphatic hydroxyl groups excluding tert-OH is 1. The van der Waals surface area contributed by atoms with Gasteiger partial charge in [0.05, 0.1) is 19.3 Å². The fraction of sp³-hybridized carbons (Fsp3) is 0.632. The summed E-state index contributed by atoms with van der Waals surface area (Å²) in [6, 6.07) is 7.80. The van der Waals surface area contributed by atoms with Crippen LogP contribution in [0.3, 0.4) is 0 Å². The number of amides is 1. The first-order chi connectivity index (χ1) is 12.0. The molecule has 1 aromatic carbocycles. The zero-order valence-corrected chi connectivity index (χ0v) is 15.6. The second-order valence-electron chi connectivity index (χ2n) is 6.75. The van der Waals surface area contributed by atoms with E-state index in [2.05, 4.69) is 15.1 Å². The maximum absolute atomic E-state index is 12.4. The van der Waals surface area contributed by atoms with Gasteiger partial charge in [-0.2, -0.15) is 0 Å². The van der Waals surface area contributed by atoms with Gasteiger partial charge in [0, 0.05) is 39.3 Å². The largest absolute Gasteiger partial charge is 0.497 e. The van der Waals surface area contributed by atoms with Crippen molar-refractivity contribution in [2.45, 2.75) is 32.4 Å². The molecule has 6 nitrogen and oxygen atoms in total. The Morgan fingerprint density at radius 2 is 1.84 bits per heavy atom. The third-order valence-corrected chi connectivity index (χ3v) is 4.73. The van der Waals surface area contributed by atoms with Crippen molar-refractivity contribution < 1.29 is 14.6 Å². The zero-order valence-electron chi connectivity index (χ0n) is 15.6. The summed E-state index contributed by atoms with van der Waals surface area (Å²) in [6.45, 7) is 8.63. The summed E-state index contributed by atoms with van der Waals surface area (Å²) in [6.07, 6.45) is 0.509. The van der Waals surface area contributed by atoms with Crippen LogP contribution in [0.1, 0.15) is 19.4 Å². The van der Waals surface area contributed by atoms with Crippen molar-refractivity contribution in [1.82, 2.24) is 15.1 Å². The fourth-order valence-electron chi connectivity index (χ4n) is 3.14. The average molecular weight is 349 g/mol. The maximum atomic E-state index is 12.4. The average Bonchev–Trinajstić information content (AvgIpc) is 2.61. The lowest BCUT2D eigenvalue weighted by Gasteiger charge is -2.37. The predicted molar refractivity (Wildman–Crippen MR) is 98.9 cm³/mol. The van der Waals surface area contributed by atoms with E-state index in [1.807, 2.05) is 38.1 Å². The van der Waals surface area contributed by atoms with E-state index in [1.54, 1.807) is 7.11 Å². The predicted octanol–water partition coefficient (Wildman–Crippen LogP) is 0.741. The molecule has 1 fully saturated rings. The molecule has 0 spiro atoms. The second-order valence-corrected chi connectivity index (χ2v) is 6.75. The number of β-amino-alcohol motifs (C(OH)–C–C–N with tert-alkyl or cyclic N) is 1. The number of carbonyl (C=O) groups is 1. The number of hydrogen-bond donors (Lipinski definition) is 2. The highest BCUT2D eigenvalue weighted by atomic mass is 16.5. The lowest BCUT2D eigenvalue weighted by Crippen LogP contribution is -2.54. The fourth-order valence-corrected chi connectivity index (χ4v) is 3.14. The first-order valence-electron chi connectivity index (χ1n) is 9.04. The SMILES string of the molecule is COc1ccc(CCNC(=O)[C@@H](C)N2CCN(C[C@H](C)O)CC2)cc1. The molecule has 0 aromatic heterocycles.